The predicted octanol–water partition coefficient (Wildman–Crippen LogP) is 4.39. The molecule has 0 heterocycles. The third kappa shape index (κ3) is 2.32. The van der Waals surface area contributed by atoms with Gasteiger partial charge in [0.1, 0.15) is 5.75 Å². The number of ether oxygens (including phenoxy) is 1. The van der Waals surface area contributed by atoms with Crippen LogP contribution in [0.15, 0.2) is 40.9 Å². The lowest BCUT2D eigenvalue weighted by Crippen LogP contribution is -1.94. The first-order valence-corrected chi connectivity index (χ1v) is 5.91. The van der Waals surface area contributed by atoms with Crippen LogP contribution in [0.5, 0.6) is 5.75 Å². The molecule has 2 aromatic carbocycles. The first-order chi connectivity index (χ1) is 7.31. The molecule has 0 N–H and O–H groups in total. The van der Waals surface area contributed by atoms with Crippen molar-refractivity contribution in [2.45, 2.75) is 13.3 Å². The van der Waals surface area contributed by atoms with Crippen molar-refractivity contribution in [1.82, 2.24) is 0 Å². The highest BCUT2D eigenvalue weighted by Crippen LogP contribution is 2.29. The average molecular weight is 265 g/mol. The Hall–Kier alpha value is -1.02. The molecule has 0 saturated heterocycles. The van der Waals surface area contributed by atoms with Gasteiger partial charge >= 0.3 is 0 Å². The maximum Gasteiger partial charge on any atom is 0.121 e. The standard InChI is InChI=1S/C13H13BrO/c1-2-7-15-11-8-10-5-3-4-6-12(10)13(14)9-11/h3-6,8-9H,2,7H2,1H3. The molecule has 0 spiro atoms. The Labute approximate surface area is 98.2 Å². The molecule has 0 aliphatic rings. The Morgan fingerprint density at radius 1 is 1.20 bits per heavy atom. The molecule has 0 aliphatic heterocycles. The van der Waals surface area contributed by atoms with E-state index in [2.05, 4.69) is 41.1 Å². The Kier molecular flexibility index (Phi) is 3.27. The van der Waals surface area contributed by atoms with E-state index < -0.39 is 0 Å². The van der Waals surface area contributed by atoms with E-state index >= 15 is 0 Å². The number of halogens is 1. The number of rotatable bonds is 3. The molecule has 1 nitrogen and oxygen atoms in total. The molecule has 0 aromatic heterocycles. The highest BCUT2D eigenvalue weighted by molar-refractivity contribution is 9.10. The molecule has 0 atom stereocenters. The minimum absolute atomic E-state index is 0.769. The van der Waals surface area contributed by atoms with Crippen molar-refractivity contribution in [2.24, 2.45) is 0 Å². The van der Waals surface area contributed by atoms with Gasteiger partial charge in [-0.1, -0.05) is 47.1 Å². The number of benzene rings is 2. The summed E-state index contributed by atoms with van der Waals surface area (Å²) in [6.07, 6.45) is 1.03. The van der Waals surface area contributed by atoms with Crippen LogP contribution in [0.25, 0.3) is 10.8 Å². The maximum absolute atomic E-state index is 5.61. The van der Waals surface area contributed by atoms with Gasteiger partial charge in [0.05, 0.1) is 6.61 Å². The summed E-state index contributed by atoms with van der Waals surface area (Å²) in [5.74, 6) is 0.933. The zero-order chi connectivity index (χ0) is 10.7. The summed E-state index contributed by atoms with van der Waals surface area (Å²) in [7, 11) is 0. The molecule has 2 heteroatoms. The third-order valence-electron chi connectivity index (χ3n) is 2.26. The van der Waals surface area contributed by atoms with Gasteiger partial charge in [0.2, 0.25) is 0 Å². The molecular formula is C13H13BrO. The van der Waals surface area contributed by atoms with Crippen LogP contribution in [-0.4, -0.2) is 6.61 Å². The van der Waals surface area contributed by atoms with E-state index in [1.54, 1.807) is 0 Å². The van der Waals surface area contributed by atoms with Crippen molar-refractivity contribution in [1.29, 1.82) is 0 Å². The quantitative estimate of drug-likeness (QED) is 0.799. The van der Waals surface area contributed by atoms with Crippen LogP contribution in [-0.2, 0) is 0 Å². The topological polar surface area (TPSA) is 9.23 Å². The Balaban J connectivity index is 2.43. The molecule has 0 saturated carbocycles. The molecule has 0 amide bonds. The van der Waals surface area contributed by atoms with Crippen LogP contribution in [0.3, 0.4) is 0 Å². The lowest BCUT2D eigenvalue weighted by atomic mass is 10.1. The monoisotopic (exact) mass is 264 g/mol. The van der Waals surface area contributed by atoms with Crippen molar-refractivity contribution in [3.05, 3.63) is 40.9 Å². The Morgan fingerprint density at radius 3 is 2.80 bits per heavy atom. The SMILES string of the molecule is CCCOc1cc(Br)c2ccccc2c1. The van der Waals surface area contributed by atoms with Gasteiger partial charge in [-0.2, -0.15) is 0 Å². The van der Waals surface area contributed by atoms with Gasteiger partial charge < -0.3 is 4.74 Å². The maximum atomic E-state index is 5.61. The largest absolute Gasteiger partial charge is 0.494 e. The van der Waals surface area contributed by atoms with E-state index in [1.165, 1.54) is 10.8 Å². The molecule has 2 aromatic rings. The van der Waals surface area contributed by atoms with Crippen LogP contribution in [0, 0.1) is 0 Å². The van der Waals surface area contributed by atoms with E-state index in [0.717, 1.165) is 23.2 Å². The van der Waals surface area contributed by atoms with Gasteiger partial charge in [0, 0.05) is 4.47 Å². The van der Waals surface area contributed by atoms with Crippen LogP contribution >= 0.6 is 15.9 Å². The van der Waals surface area contributed by atoms with Crippen molar-refractivity contribution < 1.29 is 4.74 Å². The van der Waals surface area contributed by atoms with Gasteiger partial charge in [0.25, 0.3) is 0 Å². The summed E-state index contributed by atoms with van der Waals surface area (Å²) in [6, 6.07) is 12.4. The average Bonchev–Trinajstić information content (AvgIpc) is 2.26. The van der Waals surface area contributed by atoms with Crippen LogP contribution in [0.1, 0.15) is 13.3 Å². The van der Waals surface area contributed by atoms with E-state index in [0.29, 0.717) is 0 Å². The van der Waals surface area contributed by atoms with E-state index in [4.69, 9.17) is 4.74 Å². The molecular weight excluding hydrogens is 252 g/mol. The molecule has 15 heavy (non-hydrogen) atoms. The molecule has 0 radical (unpaired) electrons. The summed E-state index contributed by atoms with van der Waals surface area (Å²) in [5.41, 5.74) is 0. The fourth-order valence-corrected chi connectivity index (χ4v) is 2.13. The first kappa shape index (κ1) is 10.5. The van der Waals surface area contributed by atoms with Crippen molar-refractivity contribution >= 4 is 26.7 Å². The highest BCUT2D eigenvalue weighted by Gasteiger charge is 2.01. The third-order valence-corrected chi connectivity index (χ3v) is 2.91. The minimum Gasteiger partial charge on any atom is -0.494 e. The predicted molar refractivity (Wildman–Crippen MR) is 67.4 cm³/mol. The zero-order valence-corrected chi connectivity index (χ0v) is 10.3. The molecule has 0 fully saturated rings. The van der Waals surface area contributed by atoms with Gasteiger partial charge in [-0.3, -0.25) is 0 Å². The minimum atomic E-state index is 0.769. The summed E-state index contributed by atoms with van der Waals surface area (Å²) >= 11 is 3.56. The fraction of sp³-hybridized carbons (Fsp3) is 0.231. The second kappa shape index (κ2) is 4.67. The summed E-state index contributed by atoms with van der Waals surface area (Å²) < 4.78 is 6.70. The number of hydrogen-bond donors (Lipinski definition) is 0. The van der Waals surface area contributed by atoms with Crippen LogP contribution < -0.4 is 4.74 Å². The summed E-state index contributed by atoms with van der Waals surface area (Å²) in [6.45, 7) is 2.88. The fourth-order valence-electron chi connectivity index (χ4n) is 1.54. The molecule has 2 rings (SSSR count). The van der Waals surface area contributed by atoms with Gasteiger partial charge in [0.15, 0.2) is 0 Å². The summed E-state index contributed by atoms with van der Waals surface area (Å²) in [5, 5.41) is 2.43. The van der Waals surface area contributed by atoms with E-state index in [-0.39, 0.29) is 0 Å². The number of hydrogen-bond acceptors (Lipinski definition) is 1. The second-order valence-corrected chi connectivity index (χ2v) is 4.33. The van der Waals surface area contributed by atoms with Gasteiger partial charge in [-0.15, -0.1) is 0 Å². The lowest BCUT2D eigenvalue weighted by molar-refractivity contribution is 0.317. The van der Waals surface area contributed by atoms with E-state index in [9.17, 15) is 0 Å². The van der Waals surface area contributed by atoms with E-state index in [1.807, 2.05) is 18.2 Å². The second-order valence-electron chi connectivity index (χ2n) is 3.47. The molecule has 0 aliphatic carbocycles. The molecule has 0 unspecified atom stereocenters. The number of fused-ring (bicyclic) bond motifs is 1. The smallest absolute Gasteiger partial charge is 0.121 e. The molecule has 78 valence electrons. The van der Waals surface area contributed by atoms with Crippen molar-refractivity contribution in [2.75, 3.05) is 6.61 Å². The lowest BCUT2D eigenvalue weighted by Gasteiger charge is -2.07. The first-order valence-electron chi connectivity index (χ1n) is 5.12. The van der Waals surface area contributed by atoms with Crippen LogP contribution in [0.2, 0.25) is 0 Å². The summed E-state index contributed by atoms with van der Waals surface area (Å²) in [4.78, 5) is 0. The Bertz CT molecular complexity index is 465. The highest BCUT2D eigenvalue weighted by atomic mass is 79.9. The molecule has 0 bridgehead atoms. The van der Waals surface area contributed by atoms with Gasteiger partial charge in [-0.25, -0.2) is 0 Å². The zero-order valence-electron chi connectivity index (χ0n) is 8.66. The van der Waals surface area contributed by atoms with Crippen LogP contribution in [0.4, 0.5) is 0 Å². The van der Waals surface area contributed by atoms with Crippen molar-refractivity contribution in [3.8, 4) is 5.75 Å². The van der Waals surface area contributed by atoms with Crippen molar-refractivity contribution in [3.63, 3.8) is 0 Å². The Morgan fingerprint density at radius 2 is 2.00 bits per heavy atom. The normalized spacial score (nSPS) is 10.5. The van der Waals surface area contributed by atoms with Gasteiger partial charge in [-0.05, 0) is 29.3 Å².